The molecular formula is C26H25N3O5S. The third-order valence-electron chi connectivity index (χ3n) is 4.74. The number of anilines is 2. The number of allylic oxidation sites excluding steroid dienone is 2. The maximum absolute atomic E-state index is 13.0. The fraction of sp³-hybridized carbons (Fsp3) is 0.192. The van der Waals surface area contributed by atoms with Crippen LogP contribution in [0, 0.1) is 0 Å². The lowest BCUT2D eigenvalue weighted by atomic mass is 9.99. The van der Waals surface area contributed by atoms with Crippen LogP contribution in [-0.4, -0.2) is 34.3 Å². The molecule has 0 saturated carbocycles. The standard InChI is InChI=1S/C24H19N3O5S.C2H6/c28-17-14-18(33-13-7-12-19(29)25-15-8-3-1-4-9-15)22(30)20-21(27-32-23(17)20)24(31)26-16-10-5-2-6-11-16;1-2/h1-6,8-11,14H,7,12-13H2,(H,25,29)(H,26,31);1-2H3. The van der Waals surface area contributed by atoms with Crippen LogP contribution in [-0.2, 0) is 4.79 Å². The molecule has 0 unspecified atom stereocenters. The molecule has 0 radical (unpaired) electrons. The second-order valence-corrected chi connectivity index (χ2v) is 8.26. The number of Topliss-reactive ketones (excluding diaryl/α,β-unsaturated/α-hetero) is 1. The molecule has 1 heterocycles. The van der Waals surface area contributed by atoms with Gasteiger partial charge in [0.05, 0.1) is 4.91 Å². The molecule has 0 atom stereocenters. The number of ketones is 2. The summed E-state index contributed by atoms with van der Waals surface area (Å²) in [5, 5.41) is 9.09. The first-order valence-corrected chi connectivity index (χ1v) is 12.2. The van der Waals surface area contributed by atoms with Gasteiger partial charge in [-0.05, 0) is 36.4 Å². The average molecular weight is 492 g/mol. The minimum atomic E-state index is -0.642. The van der Waals surface area contributed by atoms with Crippen LogP contribution in [0.4, 0.5) is 11.4 Å². The molecule has 0 saturated heterocycles. The van der Waals surface area contributed by atoms with Gasteiger partial charge in [-0.25, -0.2) is 0 Å². The Labute approximate surface area is 207 Å². The number of aromatic nitrogens is 1. The number of thioether (sulfide) groups is 1. The van der Waals surface area contributed by atoms with Gasteiger partial charge in [-0.2, -0.15) is 0 Å². The molecule has 2 amide bonds. The minimum Gasteiger partial charge on any atom is -0.351 e. The van der Waals surface area contributed by atoms with Crippen molar-refractivity contribution in [2.45, 2.75) is 26.7 Å². The van der Waals surface area contributed by atoms with Gasteiger partial charge in [0.15, 0.2) is 5.69 Å². The summed E-state index contributed by atoms with van der Waals surface area (Å²) in [5.74, 6) is -1.61. The Morgan fingerprint density at radius 1 is 0.914 bits per heavy atom. The number of hydrogen-bond acceptors (Lipinski definition) is 7. The Hall–Kier alpha value is -3.98. The van der Waals surface area contributed by atoms with Crippen molar-refractivity contribution in [2.75, 3.05) is 16.4 Å². The van der Waals surface area contributed by atoms with Gasteiger partial charge in [-0.15, -0.1) is 11.8 Å². The zero-order chi connectivity index (χ0) is 25.2. The molecule has 2 aromatic carbocycles. The Balaban J connectivity index is 0.00000167. The van der Waals surface area contributed by atoms with E-state index in [1.165, 1.54) is 6.08 Å². The third kappa shape index (κ3) is 6.54. The summed E-state index contributed by atoms with van der Waals surface area (Å²) in [6, 6.07) is 17.8. The number of benzene rings is 2. The van der Waals surface area contributed by atoms with Gasteiger partial charge in [0.2, 0.25) is 23.2 Å². The van der Waals surface area contributed by atoms with Crippen LogP contribution in [0.1, 0.15) is 58.1 Å². The lowest BCUT2D eigenvalue weighted by Crippen LogP contribution is -2.20. The first-order valence-electron chi connectivity index (χ1n) is 11.2. The highest BCUT2D eigenvalue weighted by Gasteiger charge is 2.36. The van der Waals surface area contributed by atoms with E-state index in [0.29, 0.717) is 23.5 Å². The zero-order valence-electron chi connectivity index (χ0n) is 19.4. The number of amides is 2. The summed E-state index contributed by atoms with van der Waals surface area (Å²) in [6.07, 6.45) is 1.95. The Bertz CT molecular complexity index is 1240. The minimum absolute atomic E-state index is 0.136. The van der Waals surface area contributed by atoms with Crippen molar-refractivity contribution in [1.29, 1.82) is 0 Å². The quantitative estimate of drug-likeness (QED) is 0.407. The largest absolute Gasteiger partial charge is 0.351 e. The molecule has 0 bridgehead atoms. The van der Waals surface area contributed by atoms with E-state index in [0.717, 1.165) is 11.8 Å². The van der Waals surface area contributed by atoms with Crippen LogP contribution in [0.5, 0.6) is 0 Å². The summed E-state index contributed by atoms with van der Waals surface area (Å²) >= 11 is 1.16. The molecule has 180 valence electrons. The van der Waals surface area contributed by atoms with E-state index in [-0.39, 0.29) is 34.3 Å². The van der Waals surface area contributed by atoms with E-state index in [9.17, 15) is 19.2 Å². The molecule has 4 rings (SSSR count). The summed E-state index contributed by atoms with van der Waals surface area (Å²) in [6.45, 7) is 4.00. The van der Waals surface area contributed by atoms with E-state index >= 15 is 0 Å². The summed E-state index contributed by atoms with van der Waals surface area (Å²) in [7, 11) is 0. The van der Waals surface area contributed by atoms with E-state index in [1.54, 1.807) is 42.5 Å². The molecular weight excluding hydrogens is 466 g/mol. The zero-order valence-corrected chi connectivity index (χ0v) is 20.2. The van der Waals surface area contributed by atoms with Gasteiger partial charge in [-0.1, -0.05) is 55.4 Å². The molecule has 0 fully saturated rings. The fourth-order valence-electron chi connectivity index (χ4n) is 3.18. The first kappa shape index (κ1) is 25.6. The van der Waals surface area contributed by atoms with Crippen LogP contribution in [0.2, 0.25) is 0 Å². The second-order valence-electron chi connectivity index (χ2n) is 7.12. The van der Waals surface area contributed by atoms with Crippen molar-refractivity contribution in [3.63, 3.8) is 0 Å². The van der Waals surface area contributed by atoms with E-state index in [2.05, 4.69) is 15.8 Å². The van der Waals surface area contributed by atoms with Gasteiger partial charge < -0.3 is 15.2 Å². The lowest BCUT2D eigenvalue weighted by molar-refractivity contribution is -0.116. The highest BCUT2D eigenvalue weighted by Crippen LogP contribution is 2.31. The van der Waals surface area contributed by atoms with E-state index in [1.807, 2.05) is 32.0 Å². The maximum Gasteiger partial charge on any atom is 0.278 e. The Morgan fingerprint density at radius 3 is 2.14 bits per heavy atom. The Morgan fingerprint density at radius 2 is 1.51 bits per heavy atom. The van der Waals surface area contributed by atoms with Gasteiger partial charge in [0.1, 0.15) is 5.56 Å². The lowest BCUT2D eigenvalue weighted by Gasteiger charge is -2.11. The highest BCUT2D eigenvalue weighted by molar-refractivity contribution is 8.04. The van der Waals surface area contributed by atoms with E-state index < -0.39 is 17.5 Å². The molecule has 35 heavy (non-hydrogen) atoms. The number of nitrogens with zero attached hydrogens (tertiary/aromatic N) is 1. The molecule has 0 spiro atoms. The molecule has 3 aromatic rings. The molecule has 1 aliphatic rings. The summed E-state index contributed by atoms with van der Waals surface area (Å²) < 4.78 is 5.00. The number of carbonyl (C=O) groups excluding carboxylic acids is 4. The molecule has 0 aliphatic heterocycles. The summed E-state index contributed by atoms with van der Waals surface area (Å²) in [4.78, 5) is 50.2. The fourth-order valence-corrected chi connectivity index (χ4v) is 4.11. The number of para-hydroxylation sites is 2. The van der Waals surface area contributed by atoms with Gasteiger partial charge >= 0.3 is 0 Å². The van der Waals surface area contributed by atoms with Gasteiger partial charge in [-0.3, -0.25) is 19.2 Å². The van der Waals surface area contributed by atoms with Crippen LogP contribution < -0.4 is 10.6 Å². The van der Waals surface area contributed by atoms with Gasteiger partial charge in [0.25, 0.3) is 5.91 Å². The number of fused-ring (bicyclic) bond motifs is 1. The van der Waals surface area contributed by atoms with Crippen LogP contribution >= 0.6 is 11.8 Å². The average Bonchev–Trinajstić information content (AvgIpc) is 3.34. The normalized spacial score (nSPS) is 12.1. The van der Waals surface area contributed by atoms with Crippen molar-refractivity contribution in [2.24, 2.45) is 0 Å². The third-order valence-corrected chi connectivity index (χ3v) is 5.85. The number of hydrogen-bond donors (Lipinski definition) is 2. The van der Waals surface area contributed by atoms with Crippen molar-refractivity contribution in [1.82, 2.24) is 5.16 Å². The van der Waals surface area contributed by atoms with E-state index in [4.69, 9.17) is 4.52 Å². The van der Waals surface area contributed by atoms with Crippen LogP contribution in [0.25, 0.3) is 0 Å². The maximum atomic E-state index is 13.0. The predicted octanol–water partition coefficient (Wildman–Crippen LogP) is 5.37. The van der Waals surface area contributed by atoms with Gasteiger partial charge in [0, 0.05) is 23.9 Å². The molecule has 8 nitrogen and oxygen atoms in total. The van der Waals surface area contributed by atoms with Crippen molar-refractivity contribution in [3.8, 4) is 0 Å². The van der Waals surface area contributed by atoms with Crippen LogP contribution in [0.3, 0.4) is 0 Å². The monoisotopic (exact) mass is 491 g/mol. The first-order chi connectivity index (χ1) is 17.0. The van der Waals surface area contributed by atoms with Crippen molar-refractivity contribution < 1.29 is 23.7 Å². The molecule has 2 N–H and O–H groups in total. The second kappa shape index (κ2) is 12.5. The number of rotatable bonds is 8. The smallest absolute Gasteiger partial charge is 0.278 e. The summed E-state index contributed by atoms with van der Waals surface area (Å²) in [5.41, 5.74) is 0.862. The molecule has 9 heteroatoms. The van der Waals surface area contributed by atoms with Crippen LogP contribution in [0.15, 0.2) is 76.2 Å². The van der Waals surface area contributed by atoms with Crippen molar-refractivity contribution >= 4 is 46.5 Å². The molecule has 1 aliphatic carbocycles. The molecule has 1 aromatic heterocycles. The Kier molecular flexibility index (Phi) is 9.14. The number of nitrogens with one attached hydrogen (secondary N) is 2. The predicted molar refractivity (Wildman–Crippen MR) is 136 cm³/mol. The van der Waals surface area contributed by atoms with Crippen molar-refractivity contribution in [3.05, 3.63) is 88.7 Å². The topological polar surface area (TPSA) is 118 Å². The number of carbonyl (C=O) groups is 4. The SMILES string of the molecule is CC.O=C(CCCSC1=CC(=O)c2onc(C(=O)Nc3ccccc3)c2C1=O)Nc1ccccc1. The highest BCUT2D eigenvalue weighted by atomic mass is 32.2.